The molecule has 37 heavy (non-hydrogen) atoms. The first-order valence-corrected chi connectivity index (χ1v) is 17.1. The second-order valence-electron chi connectivity index (χ2n) is 12.5. The molecule has 5 aliphatic rings. The van der Waals surface area contributed by atoms with Crippen LogP contribution in [0.3, 0.4) is 0 Å². The van der Waals surface area contributed by atoms with Crippen molar-refractivity contribution in [3.05, 3.63) is 53.8 Å². The van der Waals surface area contributed by atoms with E-state index < -0.39 is 14.0 Å². The molecule has 2 fully saturated rings. The van der Waals surface area contributed by atoms with Crippen molar-refractivity contribution in [3.8, 4) is 0 Å². The van der Waals surface area contributed by atoms with Gasteiger partial charge in [-0.2, -0.15) is 0 Å². The summed E-state index contributed by atoms with van der Waals surface area (Å²) in [5.74, 6) is 1.13. The Morgan fingerprint density at radius 2 is 1.89 bits per heavy atom. The highest BCUT2D eigenvalue weighted by Gasteiger charge is 2.65. The number of aliphatic hydroxyl groups excluding tert-OH is 1. The lowest BCUT2D eigenvalue weighted by Gasteiger charge is -2.47. The second-order valence-corrected chi connectivity index (χ2v) is 17.2. The van der Waals surface area contributed by atoms with Gasteiger partial charge in [0.1, 0.15) is 11.7 Å². The number of ether oxygens (including phenoxy) is 1. The van der Waals surface area contributed by atoms with E-state index in [1.54, 1.807) is 0 Å². The van der Waals surface area contributed by atoms with E-state index in [4.69, 9.17) is 9.57 Å². The van der Waals surface area contributed by atoms with E-state index >= 15 is 0 Å². The molecule has 2 saturated carbocycles. The third-order valence-corrected chi connectivity index (χ3v) is 14.4. The molecule has 198 valence electrons. The molecule has 2 bridgehead atoms. The first-order chi connectivity index (χ1) is 17.8. The van der Waals surface area contributed by atoms with Crippen LogP contribution in [0.2, 0.25) is 18.6 Å². The Morgan fingerprint density at radius 1 is 1.16 bits per heavy atom. The van der Waals surface area contributed by atoms with Crippen molar-refractivity contribution in [2.45, 2.75) is 57.0 Å². The molecule has 0 spiro atoms. The van der Waals surface area contributed by atoms with Crippen molar-refractivity contribution in [1.29, 1.82) is 0 Å². The number of nitrogens with zero attached hydrogens (tertiary/aromatic N) is 2. The number of hydrogen-bond acceptors (Lipinski definition) is 6. The minimum absolute atomic E-state index is 0.0220. The largest absolute Gasteiger partial charge is 0.512 e. The number of ketones is 1. The first kappa shape index (κ1) is 24.9. The summed E-state index contributed by atoms with van der Waals surface area (Å²) in [4.78, 5) is 22.2. The van der Waals surface area contributed by atoms with E-state index in [1.165, 1.54) is 5.19 Å². The van der Waals surface area contributed by atoms with E-state index in [1.807, 2.05) is 14.1 Å². The van der Waals surface area contributed by atoms with Gasteiger partial charge in [-0.1, -0.05) is 79.3 Å². The zero-order valence-corrected chi connectivity index (χ0v) is 23.6. The van der Waals surface area contributed by atoms with E-state index in [-0.39, 0.29) is 35.7 Å². The van der Waals surface area contributed by atoms with E-state index in [2.05, 4.69) is 72.6 Å². The lowest BCUT2D eigenvalue weighted by molar-refractivity contribution is -0.129. The van der Waals surface area contributed by atoms with Crippen molar-refractivity contribution >= 4 is 24.9 Å². The fourth-order valence-corrected chi connectivity index (χ4v) is 12.6. The Hall–Kier alpha value is -2.38. The van der Waals surface area contributed by atoms with Gasteiger partial charge in [-0.05, 0) is 50.2 Å². The van der Waals surface area contributed by atoms with Crippen LogP contribution in [-0.4, -0.2) is 62.6 Å². The average molecular weight is 521 g/mol. The van der Waals surface area contributed by atoms with Crippen LogP contribution in [0.25, 0.3) is 0 Å². The van der Waals surface area contributed by atoms with Gasteiger partial charge in [-0.3, -0.25) is 4.79 Å². The number of Topliss-reactive ketones (excluding diaryl/α,β-unsaturated/α-hetero) is 1. The molecule has 6 nitrogen and oxygen atoms in total. The lowest BCUT2D eigenvalue weighted by Crippen LogP contribution is -2.58. The summed E-state index contributed by atoms with van der Waals surface area (Å²) in [6, 6.07) is 10.9. The predicted molar refractivity (Wildman–Crippen MR) is 147 cm³/mol. The number of hydrogen-bond donors (Lipinski definition) is 1. The smallest absolute Gasteiger partial charge is 0.240 e. The molecule has 1 aromatic rings. The number of carbonyl (C=O) groups is 1. The van der Waals surface area contributed by atoms with Gasteiger partial charge in [0, 0.05) is 17.4 Å². The minimum Gasteiger partial charge on any atom is -0.512 e. The van der Waals surface area contributed by atoms with Crippen molar-refractivity contribution < 1.29 is 19.5 Å². The number of fused-ring (bicyclic) bond motifs is 7. The van der Waals surface area contributed by atoms with Crippen LogP contribution in [0.15, 0.2) is 59.0 Å². The van der Waals surface area contributed by atoms with Gasteiger partial charge in [-0.15, -0.1) is 0 Å². The summed E-state index contributed by atoms with van der Waals surface area (Å²) in [6.45, 7) is 7.60. The maximum Gasteiger partial charge on any atom is 0.240 e. The van der Waals surface area contributed by atoms with Crippen LogP contribution < -0.4 is 5.19 Å². The highest BCUT2D eigenvalue weighted by Crippen LogP contribution is 2.65. The second kappa shape index (κ2) is 9.12. The molecule has 0 amide bonds. The zero-order valence-electron chi connectivity index (χ0n) is 22.6. The fourth-order valence-electron chi connectivity index (χ4n) is 8.52. The van der Waals surface area contributed by atoms with Crippen LogP contribution in [0, 0.1) is 35.5 Å². The van der Waals surface area contributed by atoms with Crippen molar-refractivity contribution in [2.24, 2.45) is 40.7 Å². The monoisotopic (exact) mass is 520 g/mol. The Labute approximate surface area is 221 Å². The summed E-state index contributed by atoms with van der Waals surface area (Å²) in [7, 11) is 2.26. The summed E-state index contributed by atoms with van der Waals surface area (Å²) >= 11 is 0. The molecule has 0 saturated heterocycles. The van der Waals surface area contributed by atoms with Gasteiger partial charge in [0.15, 0.2) is 11.9 Å². The van der Waals surface area contributed by atoms with Gasteiger partial charge in [0.25, 0.3) is 0 Å². The summed E-state index contributed by atoms with van der Waals surface area (Å²) in [6.07, 6.45) is 7.22. The molecule has 1 aromatic carbocycles. The fraction of sp³-hybridized carbons (Fsp3) is 0.600. The molecule has 3 unspecified atom stereocenters. The molecule has 1 N–H and O–H groups in total. The zero-order chi connectivity index (χ0) is 26.1. The Bertz CT molecular complexity index is 1160. The van der Waals surface area contributed by atoms with Crippen molar-refractivity contribution in [1.82, 2.24) is 4.90 Å². The number of likely N-dealkylation sites (N-methyl/N-ethyl adjacent to an activating group) is 1. The summed E-state index contributed by atoms with van der Waals surface area (Å²) in [5, 5.41) is 17.7. The van der Waals surface area contributed by atoms with Crippen LogP contribution in [-0.2, 0) is 14.4 Å². The number of allylic oxidation sites excluding steroid dienone is 3. The number of benzene rings is 1. The van der Waals surface area contributed by atoms with Crippen molar-refractivity contribution in [3.63, 3.8) is 0 Å². The van der Waals surface area contributed by atoms with Crippen molar-refractivity contribution in [2.75, 3.05) is 20.7 Å². The van der Waals surface area contributed by atoms with Crippen LogP contribution in [0.1, 0.15) is 26.2 Å². The topological polar surface area (TPSA) is 71.4 Å². The number of rotatable bonds is 6. The maximum absolute atomic E-state index is 14.1. The third-order valence-electron chi connectivity index (χ3n) is 10.1. The summed E-state index contributed by atoms with van der Waals surface area (Å²) < 4.78 is 5.95. The molecule has 4 aliphatic carbocycles. The summed E-state index contributed by atoms with van der Waals surface area (Å²) in [5.41, 5.74) is 1.14. The minimum atomic E-state index is -1.84. The Balaban J connectivity index is 1.37. The number of carbonyl (C=O) groups excluding carboxylic acids is 1. The van der Waals surface area contributed by atoms with E-state index in [0.29, 0.717) is 41.2 Å². The maximum atomic E-state index is 14.1. The van der Waals surface area contributed by atoms with Crippen LogP contribution in [0.5, 0.6) is 0 Å². The van der Waals surface area contributed by atoms with Gasteiger partial charge < -0.3 is 19.6 Å². The van der Waals surface area contributed by atoms with E-state index in [9.17, 15) is 9.90 Å². The average Bonchev–Trinajstić information content (AvgIpc) is 3.58. The molecule has 1 heterocycles. The van der Waals surface area contributed by atoms with Gasteiger partial charge >= 0.3 is 0 Å². The molecule has 0 radical (unpaired) electrons. The molecule has 6 rings (SSSR count). The molecule has 1 aliphatic heterocycles. The van der Waals surface area contributed by atoms with Crippen LogP contribution >= 0.6 is 0 Å². The number of unbranched alkanes of at least 4 members (excludes halogenated alkanes) is 1. The highest BCUT2D eigenvalue weighted by atomic mass is 28.3. The van der Waals surface area contributed by atoms with Crippen LogP contribution in [0.4, 0.5) is 0 Å². The molecule has 7 heteroatoms. The van der Waals surface area contributed by atoms with E-state index in [0.717, 1.165) is 19.3 Å². The third kappa shape index (κ3) is 3.60. The Morgan fingerprint density at radius 3 is 2.59 bits per heavy atom. The van der Waals surface area contributed by atoms with Gasteiger partial charge in [0.05, 0.1) is 20.7 Å². The molecule has 9 atom stereocenters. The predicted octanol–water partition coefficient (Wildman–Crippen LogP) is 4.51. The number of oxime groups is 1. The molecular weight excluding hydrogens is 480 g/mol. The normalized spacial score (nSPS) is 37.8. The lowest BCUT2D eigenvalue weighted by atomic mass is 9.61. The van der Waals surface area contributed by atoms with Gasteiger partial charge in [0.2, 0.25) is 5.90 Å². The first-order valence-electron chi connectivity index (χ1n) is 14.0. The molecule has 0 aromatic heterocycles. The molecular formula is C30H40N2O4Si. The quantitative estimate of drug-likeness (QED) is 0.340. The highest BCUT2D eigenvalue weighted by molar-refractivity contribution is 6.91. The standard InChI is InChI=1S/C30H40N2O4Si/c1-6-7-15-35-30-24-27(34)23-21(25(32(2)3)28(24)36-31-30)16-20-18-13-14-19(22(20)26(23)33)29(18)37(4,5)17-11-9-8-10-12-17/h8-14,18-22,24-25,28-29,33H,6-7,15-16H2,1-5H3/t18-,19+,20+,21-,22-,24?,25-,28?,29?/m1/s1. The Kier molecular flexibility index (Phi) is 6.14. The SMILES string of the molecule is CCCCOC1=NOC2C1C(=O)C1=C(O)[C@H]3[C@@H](C[C@H]1[C@H]2N(C)C)[C@H]1C=C[C@@H]3C1[Si](C)(C)c1ccccc1. The number of aliphatic hydroxyl groups is 1. The van der Waals surface area contributed by atoms with Gasteiger partial charge in [-0.25, -0.2) is 0 Å².